The number of aromatic nitrogens is 2. The number of hydrogen-bond donors (Lipinski definition) is 0. The smallest absolute Gasteiger partial charge is 0.139 e. The SMILES string of the molecule is CCn1nc(C)c(C2CC(=O)C2(C)C)c1C. The molecule has 1 aliphatic carbocycles. The Hall–Kier alpha value is -1.12. The lowest BCUT2D eigenvalue weighted by Gasteiger charge is -2.43. The third-order valence-corrected chi connectivity index (χ3v) is 4.06. The van der Waals surface area contributed by atoms with Gasteiger partial charge >= 0.3 is 0 Å². The van der Waals surface area contributed by atoms with Crippen LogP contribution in [-0.4, -0.2) is 15.6 Å². The van der Waals surface area contributed by atoms with Gasteiger partial charge in [0.25, 0.3) is 0 Å². The fourth-order valence-corrected chi connectivity index (χ4v) is 2.75. The summed E-state index contributed by atoms with van der Waals surface area (Å²) in [6.45, 7) is 11.2. The summed E-state index contributed by atoms with van der Waals surface area (Å²) in [5, 5.41) is 4.53. The summed E-state index contributed by atoms with van der Waals surface area (Å²) < 4.78 is 2.03. The average Bonchev–Trinajstić information content (AvgIpc) is 2.51. The van der Waals surface area contributed by atoms with Crippen molar-refractivity contribution < 1.29 is 4.79 Å². The summed E-state index contributed by atoms with van der Waals surface area (Å²) in [6.07, 6.45) is 0.685. The standard InChI is InChI=1S/C13H20N2O/c1-6-15-9(3)12(8(2)14-15)10-7-11(16)13(10,4)5/h10H,6-7H2,1-5H3. The van der Waals surface area contributed by atoms with Gasteiger partial charge in [-0.1, -0.05) is 13.8 Å². The van der Waals surface area contributed by atoms with Crippen LogP contribution in [0.25, 0.3) is 0 Å². The number of hydrogen-bond acceptors (Lipinski definition) is 2. The van der Waals surface area contributed by atoms with Gasteiger partial charge in [-0.05, 0) is 20.8 Å². The lowest BCUT2D eigenvalue weighted by molar-refractivity contribution is -0.138. The van der Waals surface area contributed by atoms with Gasteiger partial charge in [0.15, 0.2) is 0 Å². The Labute approximate surface area is 96.8 Å². The lowest BCUT2D eigenvalue weighted by Crippen LogP contribution is -2.43. The maximum atomic E-state index is 11.6. The molecule has 3 heteroatoms. The van der Waals surface area contributed by atoms with Gasteiger partial charge < -0.3 is 0 Å². The fourth-order valence-electron chi connectivity index (χ4n) is 2.75. The van der Waals surface area contributed by atoms with E-state index in [1.54, 1.807) is 0 Å². The molecule has 1 aliphatic rings. The molecule has 1 unspecified atom stereocenters. The molecular formula is C13H20N2O. The predicted octanol–water partition coefficient (Wildman–Crippen LogP) is 2.60. The van der Waals surface area contributed by atoms with Crippen LogP contribution < -0.4 is 0 Å². The molecule has 0 saturated heterocycles. The molecule has 0 aliphatic heterocycles. The van der Waals surface area contributed by atoms with Crippen LogP contribution in [0.4, 0.5) is 0 Å². The summed E-state index contributed by atoms with van der Waals surface area (Å²) in [5.74, 6) is 0.737. The van der Waals surface area contributed by atoms with Crippen molar-refractivity contribution in [2.75, 3.05) is 0 Å². The normalized spacial score (nSPS) is 23.3. The maximum absolute atomic E-state index is 11.6. The highest BCUT2D eigenvalue weighted by Gasteiger charge is 2.49. The number of Topliss-reactive ketones (excluding diaryl/α,β-unsaturated/α-hetero) is 1. The second kappa shape index (κ2) is 3.44. The Morgan fingerprint density at radius 2 is 2.06 bits per heavy atom. The van der Waals surface area contributed by atoms with Gasteiger partial charge in [0, 0.05) is 35.6 Å². The van der Waals surface area contributed by atoms with Crippen molar-refractivity contribution in [3.8, 4) is 0 Å². The van der Waals surface area contributed by atoms with Gasteiger partial charge in [-0.15, -0.1) is 0 Å². The monoisotopic (exact) mass is 220 g/mol. The molecule has 1 heterocycles. The van der Waals surface area contributed by atoms with E-state index in [1.165, 1.54) is 11.3 Å². The largest absolute Gasteiger partial charge is 0.299 e. The van der Waals surface area contributed by atoms with E-state index >= 15 is 0 Å². The van der Waals surface area contributed by atoms with Gasteiger partial charge in [-0.25, -0.2) is 0 Å². The second-order valence-electron chi connectivity index (χ2n) is 5.30. The number of carbonyl (C=O) groups is 1. The van der Waals surface area contributed by atoms with Crippen molar-refractivity contribution in [2.24, 2.45) is 5.41 Å². The Bertz CT molecular complexity index is 443. The number of carbonyl (C=O) groups excluding carboxylic acids is 1. The van der Waals surface area contributed by atoms with Gasteiger partial charge in [0.05, 0.1) is 5.69 Å². The first-order chi connectivity index (χ1) is 7.39. The molecule has 0 bridgehead atoms. The lowest BCUT2D eigenvalue weighted by atomic mass is 9.58. The van der Waals surface area contributed by atoms with E-state index in [9.17, 15) is 4.79 Å². The minimum absolute atomic E-state index is 0.197. The summed E-state index contributed by atoms with van der Waals surface area (Å²) in [5.41, 5.74) is 3.42. The molecule has 3 nitrogen and oxygen atoms in total. The van der Waals surface area contributed by atoms with E-state index in [0.29, 0.717) is 18.1 Å². The van der Waals surface area contributed by atoms with Crippen molar-refractivity contribution >= 4 is 5.78 Å². The minimum Gasteiger partial charge on any atom is -0.299 e. The van der Waals surface area contributed by atoms with Crippen molar-refractivity contribution in [3.05, 3.63) is 17.0 Å². The molecule has 2 rings (SSSR count). The van der Waals surface area contributed by atoms with Crippen molar-refractivity contribution in [2.45, 2.75) is 53.5 Å². The number of rotatable bonds is 2. The van der Waals surface area contributed by atoms with Crippen LogP contribution in [0.5, 0.6) is 0 Å². The highest BCUT2D eigenvalue weighted by atomic mass is 16.1. The fraction of sp³-hybridized carbons (Fsp3) is 0.692. The first-order valence-corrected chi connectivity index (χ1v) is 5.96. The van der Waals surface area contributed by atoms with Gasteiger partial charge in [-0.3, -0.25) is 9.48 Å². The highest BCUT2D eigenvalue weighted by molar-refractivity contribution is 5.92. The van der Waals surface area contributed by atoms with Gasteiger partial charge in [-0.2, -0.15) is 5.10 Å². The van der Waals surface area contributed by atoms with E-state index in [1.807, 2.05) is 25.5 Å². The van der Waals surface area contributed by atoms with Gasteiger partial charge in [0.2, 0.25) is 0 Å². The summed E-state index contributed by atoms with van der Waals surface area (Å²) >= 11 is 0. The predicted molar refractivity (Wildman–Crippen MR) is 63.5 cm³/mol. The minimum atomic E-state index is -0.197. The molecule has 1 aromatic heterocycles. The third-order valence-electron chi connectivity index (χ3n) is 4.06. The number of aryl methyl sites for hydroxylation is 2. The van der Waals surface area contributed by atoms with E-state index < -0.39 is 0 Å². The summed E-state index contributed by atoms with van der Waals surface area (Å²) in [4.78, 5) is 11.6. The summed E-state index contributed by atoms with van der Waals surface area (Å²) in [6, 6.07) is 0. The van der Waals surface area contributed by atoms with Crippen LogP contribution in [0.1, 0.15) is 50.1 Å². The highest BCUT2D eigenvalue weighted by Crippen LogP contribution is 2.50. The molecule has 0 N–H and O–H groups in total. The van der Waals surface area contributed by atoms with Gasteiger partial charge in [0.1, 0.15) is 5.78 Å². The molecule has 88 valence electrons. The zero-order chi connectivity index (χ0) is 12.1. The molecule has 0 spiro atoms. The molecule has 0 radical (unpaired) electrons. The average molecular weight is 220 g/mol. The van der Waals surface area contributed by atoms with E-state index in [2.05, 4.69) is 18.9 Å². The molecule has 0 aromatic carbocycles. The quantitative estimate of drug-likeness (QED) is 0.768. The van der Waals surface area contributed by atoms with Crippen LogP contribution in [0.3, 0.4) is 0 Å². The topological polar surface area (TPSA) is 34.9 Å². The first-order valence-electron chi connectivity index (χ1n) is 5.96. The molecule has 1 saturated carbocycles. The molecule has 1 atom stereocenters. The number of ketones is 1. The van der Waals surface area contributed by atoms with E-state index in [4.69, 9.17) is 0 Å². The Balaban J connectivity index is 2.43. The van der Waals surface area contributed by atoms with Crippen LogP contribution in [0, 0.1) is 19.3 Å². The molecule has 1 fully saturated rings. The molecule has 1 aromatic rings. The zero-order valence-electron chi connectivity index (χ0n) is 10.8. The first kappa shape index (κ1) is 11.4. The molecule has 16 heavy (non-hydrogen) atoms. The van der Waals surface area contributed by atoms with Crippen LogP contribution in [0.2, 0.25) is 0 Å². The van der Waals surface area contributed by atoms with Crippen molar-refractivity contribution in [1.29, 1.82) is 0 Å². The number of nitrogens with zero attached hydrogens (tertiary/aromatic N) is 2. The van der Waals surface area contributed by atoms with E-state index in [-0.39, 0.29) is 5.41 Å². The summed E-state index contributed by atoms with van der Waals surface area (Å²) in [7, 11) is 0. The Morgan fingerprint density at radius 3 is 2.44 bits per heavy atom. The Morgan fingerprint density at radius 1 is 1.44 bits per heavy atom. The van der Waals surface area contributed by atoms with Crippen LogP contribution in [0.15, 0.2) is 0 Å². The van der Waals surface area contributed by atoms with Crippen LogP contribution >= 0.6 is 0 Å². The third kappa shape index (κ3) is 1.34. The molecular weight excluding hydrogens is 200 g/mol. The van der Waals surface area contributed by atoms with Crippen molar-refractivity contribution in [1.82, 2.24) is 9.78 Å². The molecule has 0 amide bonds. The zero-order valence-corrected chi connectivity index (χ0v) is 10.8. The Kier molecular flexibility index (Phi) is 2.44. The van der Waals surface area contributed by atoms with Crippen LogP contribution in [-0.2, 0) is 11.3 Å². The van der Waals surface area contributed by atoms with Crippen molar-refractivity contribution in [3.63, 3.8) is 0 Å². The maximum Gasteiger partial charge on any atom is 0.139 e. The second-order valence-corrected chi connectivity index (χ2v) is 5.30. The van der Waals surface area contributed by atoms with E-state index in [0.717, 1.165) is 12.2 Å².